The highest BCUT2D eigenvalue weighted by atomic mass is 32.2. The van der Waals surface area contributed by atoms with E-state index in [2.05, 4.69) is 11.1 Å². The SMILES string of the molecule is Cn1ccnc1S[C@H]1CCCN(c2ccc(C#N)cc2)C1=O. The molecule has 3 rings (SSSR count). The van der Waals surface area contributed by atoms with Gasteiger partial charge in [0.15, 0.2) is 5.16 Å². The van der Waals surface area contributed by atoms with Crippen LogP contribution in [0.15, 0.2) is 41.8 Å². The molecule has 22 heavy (non-hydrogen) atoms. The van der Waals surface area contributed by atoms with Crippen LogP contribution in [0, 0.1) is 11.3 Å². The molecule has 1 saturated heterocycles. The molecule has 1 fully saturated rings. The number of piperidine rings is 1. The van der Waals surface area contributed by atoms with Crippen LogP contribution in [0.2, 0.25) is 0 Å². The number of amides is 1. The van der Waals surface area contributed by atoms with E-state index >= 15 is 0 Å². The standard InChI is InChI=1S/C16H16N4OS/c1-19-10-8-18-16(19)22-14-3-2-9-20(15(14)21)13-6-4-12(11-17)5-7-13/h4-8,10,14H,2-3,9H2,1H3/t14-/m0/s1. The summed E-state index contributed by atoms with van der Waals surface area (Å²) in [5.74, 6) is 0.115. The third-order valence-electron chi connectivity index (χ3n) is 3.72. The number of rotatable bonds is 3. The Hall–Kier alpha value is -2.26. The van der Waals surface area contributed by atoms with Gasteiger partial charge >= 0.3 is 0 Å². The van der Waals surface area contributed by atoms with Crippen LogP contribution in [0.3, 0.4) is 0 Å². The van der Waals surface area contributed by atoms with Crippen LogP contribution >= 0.6 is 11.8 Å². The van der Waals surface area contributed by atoms with Crippen LogP contribution < -0.4 is 4.90 Å². The Labute approximate surface area is 133 Å². The molecule has 1 aliphatic rings. The van der Waals surface area contributed by atoms with Crippen LogP contribution in [0.5, 0.6) is 0 Å². The number of hydrogen-bond donors (Lipinski definition) is 0. The van der Waals surface area contributed by atoms with E-state index in [1.807, 2.05) is 34.8 Å². The second-order valence-corrected chi connectivity index (χ2v) is 6.39. The predicted octanol–water partition coefficient (Wildman–Crippen LogP) is 2.58. The lowest BCUT2D eigenvalue weighted by Crippen LogP contribution is -2.43. The van der Waals surface area contributed by atoms with Crippen molar-refractivity contribution in [3.8, 4) is 6.07 Å². The van der Waals surface area contributed by atoms with Gasteiger partial charge in [0.05, 0.1) is 16.9 Å². The maximum absolute atomic E-state index is 12.7. The Kier molecular flexibility index (Phi) is 4.16. The van der Waals surface area contributed by atoms with E-state index in [0.717, 1.165) is 30.2 Å². The summed E-state index contributed by atoms with van der Waals surface area (Å²) >= 11 is 1.52. The molecule has 1 aliphatic heterocycles. The van der Waals surface area contributed by atoms with Gasteiger partial charge in [0.2, 0.25) is 5.91 Å². The number of hydrogen-bond acceptors (Lipinski definition) is 4. The van der Waals surface area contributed by atoms with Crippen LogP contribution in [-0.2, 0) is 11.8 Å². The van der Waals surface area contributed by atoms with Gasteiger partial charge in [0.1, 0.15) is 0 Å². The summed E-state index contributed by atoms with van der Waals surface area (Å²) in [6.07, 6.45) is 5.46. The first kappa shape index (κ1) is 14.7. The Morgan fingerprint density at radius 2 is 2.14 bits per heavy atom. The number of nitrogens with zero attached hydrogens (tertiary/aromatic N) is 4. The van der Waals surface area contributed by atoms with Crippen LogP contribution in [0.4, 0.5) is 5.69 Å². The lowest BCUT2D eigenvalue weighted by molar-refractivity contribution is -0.119. The summed E-state index contributed by atoms with van der Waals surface area (Å²) in [6.45, 7) is 0.725. The molecule has 5 nitrogen and oxygen atoms in total. The van der Waals surface area contributed by atoms with Crippen molar-refractivity contribution in [1.82, 2.24) is 9.55 Å². The van der Waals surface area contributed by atoms with Crippen molar-refractivity contribution >= 4 is 23.4 Å². The molecule has 0 spiro atoms. The van der Waals surface area contributed by atoms with Gasteiger partial charge < -0.3 is 9.47 Å². The van der Waals surface area contributed by atoms with Gasteiger partial charge in [-0.3, -0.25) is 4.79 Å². The number of carbonyl (C=O) groups is 1. The largest absolute Gasteiger partial charge is 0.329 e. The topological polar surface area (TPSA) is 61.9 Å². The molecule has 1 aromatic carbocycles. The number of carbonyl (C=O) groups excluding carboxylic acids is 1. The Bertz CT molecular complexity index is 716. The minimum atomic E-state index is -0.106. The van der Waals surface area contributed by atoms with Crippen molar-refractivity contribution < 1.29 is 4.79 Å². The first-order chi connectivity index (χ1) is 10.7. The zero-order chi connectivity index (χ0) is 15.5. The Morgan fingerprint density at radius 1 is 1.36 bits per heavy atom. The zero-order valence-corrected chi connectivity index (χ0v) is 13.1. The van der Waals surface area contributed by atoms with E-state index in [1.54, 1.807) is 18.3 Å². The van der Waals surface area contributed by atoms with E-state index in [9.17, 15) is 4.79 Å². The predicted molar refractivity (Wildman–Crippen MR) is 85.6 cm³/mol. The van der Waals surface area contributed by atoms with E-state index in [-0.39, 0.29) is 11.2 Å². The molecule has 0 unspecified atom stereocenters. The van der Waals surface area contributed by atoms with E-state index in [4.69, 9.17) is 5.26 Å². The van der Waals surface area contributed by atoms with Crippen molar-refractivity contribution in [3.05, 3.63) is 42.2 Å². The third-order valence-corrected chi connectivity index (χ3v) is 5.05. The minimum absolute atomic E-state index is 0.106. The lowest BCUT2D eigenvalue weighted by atomic mass is 10.1. The average molecular weight is 312 g/mol. The highest BCUT2D eigenvalue weighted by molar-refractivity contribution is 8.00. The number of imidazole rings is 1. The van der Waals surface area contributed by atoms with E-state index in [1.165, 1.54) is 11.8 Å². The summed E-state index contributed by atoms with van der Waals surface area (Å²) < 4.78 is 1.93. The molecule has 1 atom stereocenters. The summed E-state index contributed by atoms with van der Waals surface area (Å²) in [5, 5.41) is 9.61. The summed E-state index contributed by atoms with van der Waals surface area (Å²) in [7, 11) is 1.93. The van der Waals surface area contributed by atoms with Crippen LogP contribution in [-0.4, -0.2) is 27.3 Å². The summed E-state index contributed by atoms with van der Waals surface area (Å²) in [6, 6.07) is 9.27. The molecule has 2 aromatic rings. The molecule has 0 saturated carbocycles. The van der Waals surface area contributed by atoms with E-state index in [0.29, 0.717) is 5.56 Å². The molecule has 6 heteroatoms. The van der Waals surface area contributed by atoms with Gasteiger partial charge in [0, 0.05) is 31.7 Å². The lowest BCUT2D eigenvalue weighted by Gasteiger charge is -2.31. The molecule has 1 amide bonds. The first-order valence-corrected chi connectivity index (χ1v) is 8.02. The van der Waals surface area contributed by atoms with Gasteiger partial charge in [-0.05, 0) is 37.1 Å². The molecule has 0 N–H and O–H groups in total. The number of aromatic nitrogens is 2. The highest BCUT2D eigenvalue weighted by Crippen LogP contribution is 2.31. The average Bonchev–Trinajstić information content (AvgIpc) is 2.95. The molecule has 1 aromatic heterocycles. The summed E-state index contributed by atoms with van der Waals surface area (Å²) in [4.78, 5) is 18.8. The first-order valence-electron chi connectivity index (χ1n) is 7.14. The minimum Gasteiger partial charge on any atom is -0.329 e. The van der Waals surface area contributed by atoms with Crippen LogP contribution in [0.1, 0.15) is 18.4 Å². The number of thioether (sulfide) groups is 1. The fourth-order valence-corrected chi connectivity index (χ4v) is 3.63. The molecule has 0 bridgehead atoms. The Balaban J connectivity index is 1.77. The maximum Gasteiger partial charge on any atom is 0.240 e. The van der Waals surface area contributed by atoms with Gasteiger partial charge in [-0.25, -0.2) is 4.98 Å². The van der Waals surface area contributed by atoms with Gasteiger partial charge in [-0.2, -0.15) is 5.26 Å². The molecular formula is C16H16N4OS. The highest BCUT2D eigenvalue weighted by Gasteiger charge is 2.31. The molecule has 0 aliphatic carbocycles. The number of aryl methyl sites for hydroxylation is 1. The second kappa shape index (κ2) is 6.24. The number of nitriles is 1. The van der Waals surface area contributed by atoms with Crippen molar-refractivity contribution in [2.75, 3.05) is 11.4 Å². The monoisotopic (exact) mass is 312 g/mol. The van der Waals surface area contributed by atoms with Crippen LogP contribution in [0.25, 0.3) is 0 Å². The van der Waals surface area contributed by atoms with Gasteiger partial charge in [-0.1, -0.05) is 11.8 Å². The van der Waals surface area contributed by atoms with E-state index < -0.39 is 0 Å². The fourth-order valence-electron chi connectivity index (χ4n) is 2.52. The molecular weight excluding hydrogens is 296 g/mol. The zero-order valence-electron chi connectivity index (χ0n) is 12.3. The van der Waals surface area contributed by atoms with Crippen molar-refractivity contribution in [2.45, 2.75) is 23.2 Å². The smallest absolute Gasteiger partial charge is 0.240 e. The fraction of sp³-hybridized carbons (Fsp3) is 0.312. The number of anilines is 1. The van der Waals surface area contributed by atoms with Crippen molar-refractivity contribution in [3.63, 3.8) is 0 Å². The summed E-state index contributed by atoms with van der Waals surface area (Å²) in [5.41, 5.74) is 1.46. The Morgan fingerprint density at radius 3 is 2.77 bits per heavy atom. The molecule has 0 radical (unpaired) electrons. The number of benzene rings is 1. The van der Waals surface area contributed by atoms with Crippen molar-refractivity contribution in [1.29, 1.82) is 5.26 Å². The van der Waals surface area contributed by atoms with Crippen molar-refractivity contribution in [2.24, 2.45) is 7.05 Å². The second-order valence-electron chi connectivity index (χ2n) is 5.22. The third kappa shape index (κ3) is 2.85. The molecule has 2 heterocycles. The maximum atomic E-state index is 12.7. The molecule has 112 valence electrons. The normalized spacial score (nSPS) is 18.3. The van der Waals surface area contributed by atoms with Gasteiger partial charge in [0.25, 0.3) is 0 Å². The quantitative estimate of drug-likeness (QED) is 0.874. The van der Waals surface area contributed by atoms with Gasteiger partial charge in [-0.15, -0.1) is 0 Å².